The fourth-order valence-electron chi connectivity index (χ4n) is 3.25. The molecule has 0 aromatic rings. The fraction of sp³-hybridized carbons (Fsp3) is 0.850. The molecule has 2 atom stereocenters. The number of methoxy groups -OCH3 is 1. The van der Waals surface area contributed by atoms with Crippen molar-refractivity contribution < 1.29 is 23.8 Å². The van der Waals surface area contributed by atoms with Gasteiger partial charge in [0.25, 0.3) is 0 Å². The fourth-order valence-corrected chi connectivity index (χ4v) is 3.25. The van der Waals surface area contributed by atoms with Gasteiger partial charge in [0.2, 0.25) is 0 Å². The molecule has 176 valence electrons. The van der Waals surface area contributed by atoms with Crippen LogP contribution in [0.3, 0.4) is 0 Å². The van der Waals surface area contributed by atoms with Gasteiger partial charge in [-0.05, 0) is 54.4 Å². The summed E-state index contributed by atoms with van der Waals surface area (Å²) >= 11 is 0. The van der Waals surface area contributed by atoms with E-state index in [0.717, 1.165) is 12.8 Å². The zero-order valence-corrected chi connectivity index (χ0v) is 21.9. The average Bonchev–Trinajstić information content (AvgIpc) is 2.83. The van der Waals surface area contributed by atoms with Gasteiger partial charge in [0.15, 0.2) is 5.96 Å². The van der Waals surface area contributed by atoms with Crippen molar-refractivity contribution in [2.24, 2.45) is 4.99 Å². The van der Waals surface area contributed by atoms with Crippen LogP contribution in [-0.2, 0) is 19.0 Å². The summed E-state index contributed by atoms with van der Waals surface area (Å²) < 4.78 is 16.2. The Balaban J connectivity index is 0.00000841. The molecule has 0 radical (unpaired) electrons. The number of nitrogens with zero attached hydrogens (tertiary/aromatic N) is 2. The second-order valence-electron chi connectivity index (χ2n) is 8.60. The van der Waals surface area contributed by atoms with Crippen molar-refractivity contribution in [1.82, 2.24) is 15.5 Å². The number of halogens is 1. The van der Waals surface area contributed by atoms with Crippen molar-refractivity contribution in [2.45, 2.75) is 84.3 Å². The SMILES string of the molecule is CN=C(NCCCCC(=O)OC)NCC1C(C)OC(C)(C)N1C(=O)OC(C)(C)C.I. The van der Waals surface area contributed by atoms with Crippen LogP contribution >= 0.6 is 24.0 Å². The van der Waals surface area contributed by atoms with Crippen molar-refractivity contribution in [3.05, 3.63) is 0 Å². The number of ether oxygens (including phenoxy) is 3. The minimum atomic E-state index is -0.765. The van der Waals surface area contributed by atoms with Gasteiger partial charge < -0.3 is 24.8 Å². The van der Waals surface area contributed by atoms with Crippen LogP contribution in [0.25, 0.3) is 0 Å². The molecule has 1 rings (SSSR count). The lowest BCUT2D eigenvalue weighted by atomic mass is 10.1. The third-order valence-corrected chi connectivity index (χ3v) is 4.55. The van der Waals surface area contributed by atoms with Gasteiger partial charge >= 0.3 is 12.1 Å². The molecule has 0 bridgehead atoms. The van der Waals surface area contributed by atoms with Crippen LogP contribution < -0.4 is 10.6 Å². The molecular formula is C20H39IN4O5. The Hall–Kier alpha value is -1.30. The summed E-state index contributed by atoms with van der Waals surface area (Å²) in [5, 5.41) is 6.47. The molecule has 0 aromatic carbocycles. The zero-order chi connectivity index (χ0) is 22.2. The van der Waals surface area contributed by atoms with E-state index in [1.165, 1.54) is 7.11 Å². The van der Waals surface area contributed by atoms with Crippen LogP contribution in [0.1, 0.15) is 60.8 Å². The number of hydrogen-bond donors (Lipinski definition) is 2. The lowest BCUT2D eigenvalue weighted by Gasteiger charge is -2.35. The predicted octanol–water partition coefficient (Wildman–Crippen LogP) is 2.87. The van der Waals surface area contributed by atoms with Crippen LogP contribution in [0.5, 0.6) is 0 Å². The highest BCUT2D eigenvalue weighted by molar-refractivity contribution is 14.0. The van der Waals surface area contributed by atoms with Gasteiger partial charge in [0.05, 0.1) is 19.3 Å². The van der Waals surface area contributed by atoms with E-state index < -0.39 is 17.4 Å². The molecular weight excluding hydrogens is 503 g/mol. The van der Waals surface area contributed by atoms with Gasteiger partial charge in [-0.15, -0.1) is 24.0 Å². The topological polar surface area (TPSA) is 101 Å². The number of aliphatic imine (C=N–C) groups is 1. The smallest absolute Gasteiger partial charge is 0.412 e. The maximum atomic E-state index is 12.8. The summed E-state index contributed by atoms with van der Waals surface area (Å²) in [6.45, 7) is 12.3. The Labute approximate surface area is 197 Å². The molecule has 1 saturated heterocycles. The highest BCUT2D eigenvalue weighted by Crippen LogP contribution is 2.33. The Morgan fingerprint density at radius 1 is 1.20 bits per heavy atom. The Morgan fingerprint density at radius 3 is 2.37 bits per heavy atom. The van der Waals surface area contributed by atoms with Gasteiger partial charge in [0.1, 0.15) is 11.3 Å². The summed E-state index contributed by atoms with van der Waals surface area (Å²) in [5.41, 5.74) is -1.35. The number of unbranched alkanes of at least 4 members (excludes halogenated alkanes) is 1. The standard InChI is InChI=1S/C20H38N4O5.HI/c1-14-15(24(20(5,6)28-14)18(26)29-19(2,3)4)13-23-17(21-7)22-12-10-9-11-16(25)27-8;/h14-15H,9-13H2,1-8H3,(H2,21,22,23);1H. The number of guanidine groups is 1. The molecule has 0 aromatic heterocycles. The van der Waals surface area contributed by atoms with E-state index >= 15 is 0 Å². The molecule has 30 heavy (non-hydrogen) atoms. The first-order valence-corrected chi connectivity index (χ1v) is 10.1. The summed E-state index contributed by atoms with van der Waals surface area (Å²) in [4.78, 5) is 29.8. The van der Waals surface area contributed by atoms with Crippen molar-refractivity contribution >= 4 is 42.0 Å². The van der Waals surface area contributed by atoms with E-state index in [2.05, 4.69) is 20.4 Å². The van der Waals surface area contributed by atoms with E-state index in [4.69, 9.17) is 9.47 Å². The zero-order valence-electron chi connectivity index (χ0n) is 19.5. The maximum absolute atomic E-state index is 12.8. The van der Waals surface area contributed by atoms with Crippen molar-refractivity contribution in [3.8, 4) is 0 Å². The lowest BCUT2D eigenvalue weighted by molar-refractivity contribution is -0.140. The highest BCUT2D eigenvalue weighted by Gasteiger charge is 2.49. The molecule has 2 unspecified atom stereocenters. The first-order valence-electron chi connectivity index (χ1n) is 10.1. The van der Waals surface area contributed by atoms with Crippen molar-refractivity contribution in [2.75, 3.05) is 27.2 Å². The molecule has 0 aliphatic carbocycles. The second kappa shape index (κ2) is 12.5. The first kappa shape index (κ1) is 28.7. The number of rotatable bonds is 7. The maximum Gasteiger partial charge on any atom is 0.412 e. The molecule has 9 nitrogen and oxygen atoms in total. The first-order chi connectivity index (χ1) is 13.4. The molecule has 0 saturated carbocycles. The van der Waals surface area contributed by atoms with E-state index in [1.807, 2.05) is 41.5 Å². The van der Waals surface area contributed by atoms with E-state index in [-0.39, 0.29) is 42.1 Å². The molecule has 1 amide bonds. The Morgan fingerprint density at radius 2 is 1.83 bits per heavy atom. The van der Waals surface area contributed by atoms with Crippen LogP contribution in [0, 0.1) is 0 Å². The van der Waals surface area contributed by atoms with Crippen LogP contribution in [0.15, 0.2) is 4.99 Å². The third-order valence-electron chi connectivity index (χ3n) is 4.55. The highest BCUT2D eigenvalue weighted by atomic mass is 127. The van der Waals surface area contributed by atoms with Crippen molar-refractivity contribution in [1.29, 1.82) is 0 Å². The quantitative estimate of drug-likeness (QED) is 0.168. The number of amides is 1. The molecule has 1 aliphatic heterocycles. The molecule has 0 spiro atoms. The van der Waals surface area contributed by atoms with Crippen LogP contribution in [0.2, 0.25) is 0 Å². The number of carbonyl (C=O) groups excluding carboxylic acids is 2. The summed E-state index contributed by atoms with van der Waals surface area (Å²) in [5.74, 6) is 0.427. The normalized spacial score (nSPS) is 20.9. The minimum absolute atomic E-state index is 0. The summed E-state index contributed by atoms with van der Waals surface area (Å²) in [6.07, 6.45) is 1.40. The van der Waals surface area contributed by atoms with E-state index in [1.54, 1.807) is 11.9 Å². The monoisotopic (exact) mass is 542 g/mol. The third kappa shape index (κ3) is 9.23. The molecule has 1 heterocycles. The van der Waals surface area contributed by atoms with Crippen LogP contribution in [-0.4, -0.2) is 73.6 Å². The van der Waals surface area contributed by atoms with Gasteiger partial charge in [-0.25, -0.2) is 4.79 Å². The summed E-state index contributed by atoms with van der Waals surface area (Å²) in [7, 11) is 3.08. The minimum Gasteiger partial charge on any atom is -0.469 e. The Bertz CT molecular complexity index is 592. The second-order valence-corrected chi connectivity index (χ2v) is 8.60. The van der Waals surface area contributed by atoms with Gasteiger partial charge in [-0.2, -0.15) is 0 Å². The molecule has 10 heteroatoms. The number of carbonyl (C=O) groups is 2. The molecule has 1 fully saturated rings. The van der Waals surface area contributed by atoms with Crippen LogP contribution in [0.4, 0.5) is 4.79 Å². The van der Waals surface area contributed by atoms with Crippen molar-refractivity contribution in [3.63, 3.8) is 0 Å². The average molecular weight is 542 g/mol. The van der Waals surface area contributed by atoms with E-state index in [0.29, 0.717) is 25.5 Å². The predicted molar refractivity (Wildman–Crippen MR) is 127 cm³/mol. The van der Waals surface area contributed by atoms with Gasteiger partial charge in [-0.3, -0.25) is 14.7 Å². The number of hydrogen-bond acceptors (Lipinski definition) is 6. The Kier molecular flexibility index (Phi) is 12.0. The number of nitrogens with one attached hydrogen (secondary N) is 2. The summed E-state index contributed by atoms with van der Waals surface area (Å²) in [6, 6.07) is -0.210. The van der Waals surface area contributed by atoms with Gasteiger partial charge in [0, 0.05) is 26.6 Å². The van der Waals surface area contributed by atoms with E-state index in [9.17, 15) is 9.59 Å². The largest absolute Gasteiger partial charge is 0.469 e. The molecule has 2 N–H and O–H groups in total. The molecule has 1 aliphatic rings. The lowest BCUT2D eigenvalue weighted by Crippen LogP contribution is -2.54. The van der Waals surface area contributed by atoms with Gasteiger partial charge in [-0.1, -0.05) is 0 Å². The number of esters is 1.